The summed E-state index contributed by atoms with van der Waals surface area (Å²) in [5.74, 6) is 0.926. The SMILES string of the molecule is CCNC(=NCC(=O)N(C)C)N1CCC(N2CCCC2)C1. The standard InChI is InChI=1S/C15H29N5O/c1-4-16-15(17-11-14(21)18(2)3)20-10-7-13(12-20)19-8-5-6-9-19/h13H,4-12H2,1-3H3,(H,16,17). The summed E-state index contributed by atoms with van der Waals surface area (Å²) in [6.07, 6.45) is 3.87. The Labute approximate surface area is 128 Å². The van der Waals surface area contributed by atoms with E-state index < -0.39 is 0 Å². The molecule has 0 radical (unpaired) electrons. The van der Waals surface area contributed by atoms with Crippen LogP contribution in [0.25, 0.3) is 0 Å². The molecule has 2 saturated heterocycles. The van der Waals surface area contributed by atoms with Crippen molar-refractivity contribution in [1.82, 2.24) is 20.0 Å². The van der Waals surface area contributed by atoms with Crippen LogP contribution in [0.5, 0.6) is 0 Å². The van der Waals surface area contributed by atoms with E-state index in [2.05, 4.69) is 27.0 Å². The molecule has 6 nitrogen and oxygen atoms in total. The van der Waals surface area contributed by atoms with Crippen LogP contribution in [0, 0.1) is 0 Å². The van der Waals surface area contributed by atoms with Gasteiger partial charge in [-0.05, 0) is 39.3 Å². The lowest BCUT2D eigenvalue weighted by Gasteiger charge is -2.25. The number of hydrogen-bond donors (Lipinski definition) is 1. The van der Waals surface area contributed by atoms with Gasteiger partial charge in [0.25, 0.3) is 0 Å². The number of amides is 1. The smallest absolute Gasteiger partial charge is 0.243 e. The molecule has 1 amide bonds. The Hall–Kier alpha value is -1.30. The summed E-state index contributed by atoms with van der Waals surface area (Å²) in [6, 6.07) is 0.654. The average molecular weight is 295 g/mol. The molecule has 21 heavy (non-hydrogen) atoms. The third-order valence-corrected chi connectivity index (χ3v) is 4.32. The van der Waals surface area contributed by atoms with Gasteiger partial charge in [-0.2, -0.15) is 0 Å². The van der Waals surface area contributed by atoms with Crippen molar-refractivity contribution in [1.29, 1.82) is 0 Å². The summed E-state index contributed by atoms with van der Waals surface area (Å²) >= 11 is 0. The molecule has 0 bridgehead atoms. The minimum atomic E-state index is 0.0423. The van der Waals surface area contributed by atoms with Crippen LogP contribution in [0.1, 0.15) is 26.2 Å². The van der Waals surface area contributed by atoms with Crippen LogP contribution in [-0.4, -0.2) is 86.0 Å². The quantitative estimate of drug-likeness (QED) is 0.595. The fourth-order valence-electron chi connectivity index (χ4n) is 3.05. The first-order valence-electron chi connectivity index (χ1n) is 8.09. The van der Waals surface area contributed by atoms with Crippen molar-refractivity contribution in [3.8, 4) is 0 Å². The molecule has 0 saturated carbocycles. The number of likely N-dealkylation sites (N-methyl/N-ethyl adjacent to an activating group) is 1. The van der Waals surface area contributed by atoms with Crippen molar-refractivity contribution in [2.45, 2.75) is 32.2 Å². The zero-order valence-corrected chi connectivity index (χ0v) is 13.6. The second-order valence-corrected chi connectivity index (χ2v) is 6.09. The van der Waals surface area contributed by atoms with Gasteiger partial charge in [-0.25, -0.2) is 4.99 Å². The first-order chi connectivity index (χ1) is 10.1. The van der Waals surface area contributed by atoms with Crippen molar-refractivity contribution < 1.29 is 4.79 Å². The molecule has 2 rings (SSSR count). The highest BCUT2D eigenvalue weighted by molar-refractivity contribution is 5.85. The molecule has 1 unspecified atom stereocenters. The summed E-state index contributed by atoms with van der Waals surface area (Å²) in [5.41, 5.74) is 0. The molecule has 120 valence electrons. The molecule has 0 aromatic carbocycles. The first-order valence-corrected chi connectivity index (χ1v) is 8.09. The number of carbonyl (C=O) groups is 1. The van der Waals surface area contributed by atoms with Crippen molar-refractivity contribution >= 4 is 11.9 Å². The zero-order chi connectivity index (χ0) is 15.2. The second kappa shape index (κ2) is 7.64. The lowest BCUT2D eigenvalue weighted by Crippen LogP contribution is -2.43. The predicted octanol–water partition coefficient (Wildman–Crippen LogP) is 0.210. The van der Waals surface area contributed by atoms with E-state index in [-0.39, 0.29) is 12.5 Å². The van der Waals surface area contributed by atoms with E-state index in [4.69, 9.17) is 0 Å². The summed E-state index contributed by atoms with van der Waals surface area (Å²) in [6.45, 7) is 7.67. The fourth-order valence-corrected chi connectivity index (χ4v) is 3.05. The Balaban J connectivity index is 1.92. The molecule has 1 N–H and O–H groups in total. The normalized spacial score (nSPS) is 23.7. The molecule has 1 atom stereocenters. The number of likely N-dealkylation sites (tertiary alicyclic amines) is 2. The van der Waals surface area contributed by atoms with Gasteiger partial charge in [0.15, 0.2) is 5.96 Å². The maximum atomic E-state index is 11.7. The zero-order valence-electron chi connectivity index (χ0n) is 13.6. The minimum absolute atomic E-state index is 0.0423. The molecule has 0 aliphatic carbocycles. The van der Waals surface area contributed by atoms with Gasteiger partial charge in [0.1, 0.15) is 6.54 Å². The number of guanidine groups is 1. The highest BCUT2D eigenvalue weighted by Crippen LogP contribution is 2.20. The van der Waals surface area contributed by atoms with E-state index in [0.29, 0.717) is 6.04 Å². The Morgan fingerprint density at radius 1 is 1.29 bits per heavy atom. The highest BCUT2D eigenvalue weighted by atomic mass is 16.2. The van der Waals surface area contributed by atoms with Crippen molar-refractivity contribution in [3.63, 3.8) is 0 Å². The van der Waals surface area contributed by atoms with Crippen LogP contribution >= 0.6 is 0 Å². The number of aliphatic imine (C=N–C) groups is 1. The second-order valence-electron chi connectivity index (χ2n) is 6.09. The molecule has 6 heteroatoms. The van der Waals surface area contributed by atoms with Gasteiger partial charge in [-0.1, -0.05) is 0 Å². The largest absolute Gasteiger partial charge is 0.357 e. The predicted molar refractivity (Wildman–Crippen MR) is 85.5 cm³/mol. The molecule has 2 fully saturated rings. The highest BCUT2D eigenvalue weighted by Gasteiger charge is 2.30. The lowest BCUT2D eigenvalue weighted by atomic mass is 10.2. The topological polar surface area (TPSA) is 51.2 Å². The summed E-state index contributed by atoms with van der Waals surface area (Å²) in [5, 5.41) is 3.32. The van der Waals surface area contributed by atoms with E-state index in [0.717, 1.165) is 25.6 Å². The van der Waals surface area contributed by atoms with E-state index in [1.165, 1.54) is 32.4 Å². The molecule has 0 aromatic heterocycles. The number of rotatable bonds is 4. The van der Waals surface area contributed by atoms with Gasteiger partial charge in [0, 0.05) is 39.8 Å². The molecule has 0 aromatic rings. The van der Waals surface area contributed by atoms with Crippen molar-refractivity contribution in [2.24, 2.45) is 4.99 Å². The van der Waals surface area contributed by atoms with Crippen LogP contribution < -0.4 is 5.32 Å². The molecule has 2 heterocycles. The lowest BCUT2D eigenvalue weighted by molar-refractivity contribution is -0.127. The Morgan fingerprint density at radius 2 is 2.00 bits per heavy atom. The van der Waals surface area contributed by atoms with Crippen LogP contribution in [0.15, 0.2) is 4.99 Å². The van der Waals surface area contributed by atoms with Crippen LogP contribution in [0.2, 0.25) is 0 Å². The Morgan fingerprint density at radius 3 is 2.62 bits per heavy atom. The molecular weight excluding hydrogens is 266 g/mol. The van der Waals surface area contributed by atoms with Crippen LogP contribution in [0.3, 0.4) is 0 Å². The van der Waals surface area contributed by atoms with Gasteiger partial charge in [-0.3, -0.25) is 9.69 Å². The number of carbonyl (C=O) groups excluding carboxylic acids is 1. The van der Waals surface area contributed by atoms with Gasteiger partial charge in [0.05, 0.1) is 0 Å². The molecule has 2 aliphatic rings. The maximum absolute atomic E-state index is 11.7. The van der Waals surface area contributed by atoms with Crippen LogP contribution in [-0.2, 0) is 4.79 Å². The molecule has 0 spiro atoms. The number of nitrogens with zero attached hydrogens (tertiary/aromatic N) is 4. The van der Waals surface area contributed by atoms with Gasteiger partial charge < -0.3 is 15.1 Å². The first kappa shape index (κ1) is 16.1. The van der Waals surface area contributed by atoms with Gasteiger partial charge in [0.2, 0.25) is 5.91 Å². The number of hydrogen-bond acceptors (Lipinski definition) is 3. The maximum Gasteiger partial charge on any atom is 0.243 e. The monoisotopic (exact) mass is 295 g/mol. The average Bonchev–Trinajstić information content (AvgIpc) is 3.12. The summed E-state index contributed by atoms with van der Waals surface area (Å²) in [4.78, 5) is 22.7. The van der Waals surface area contributed by atoms with Gasteiger partial charge >= 0.3 is 0 Å². The third-order valence-electron chi connectivity index (χ3n) is 4.32. The van der Waals surface area contributed by atoms with E-state index >= 15 is 0 Å². The number of nitrogens with one attached hydrogen (secondary N) is 1. The van der Waals surface area contributed by atoms with Gasteiger partial charge in [-0.15, -0.1) is 0 Å². The molecule has 2 aliphatic heterocycles. The van der Waals surface area contributed by atoms with Crippen molar-refractivity contribution in [2.75, 3.05) is 53.4 Å². The van der Waals surface area contributed by atoms with Crippen molar-refractivity contribution in [3.05, 3.63) is 0 Å². The molecular formula is C15H29N5O. The third kappa shape index (κ3) is 4.33. The minimum Gasteiger partial charge on any atom is -0.357 e. The van der Waals surface area contributed by atoms with E-state index in [1.54, 1.807) is 19.0 Å². The Bertz CT molecular complexity index is 376. The van der Waals surface area contributed by atoms with Crippen LogP contribution in [0.4, 0.5) is 0 Å². The Kier molecular flexibility index (Phi) is 5.85. The van der Waals surface area contributed by atoms with E-state index in [1.807, 2.05) is 0 Å². The summed E-state index contributed by atoms with van der Waals surface area (Å²) < 4.78 is 0. The fraction of sp³-hybridized carbons (Fsp3) is 0.867. The summed E-state index contributed by atoms with van der Waals surface area (Å²) in [7, 11) is 3.54. The van der Waals surface area contributed by atoms with E-state index in [9.17, 15) is 4.79 Å².